The van der Waals surface area contributed by atoms with Gasteiger partial charge in [-0.25, -0.2) is 4.98 Å². The standard InChI is InChI=1S/C15H15BrF3N3O2/c1-22-9-8-21-13(22)14(24,15(17,18)19)6-7-20-12(23)10-4-2-3-5-11(10)16/h2-5,8-9,24H,6-7H2,1H3,(H,20,23)/t14-/m1/s1. The van der Waals surface area contributed by atoms with E-state index in [9.17, 15) is 23.1 Å². The van der Waals surface area contributed by atoms with Crippen molar-refractivity contribution in [2.24, 2.45) is 7.05 Å². The van der Waals surface area contributed by atoms with Gasteiger partial charge in [-0.1, -0.05) is 12.1 Å². The third kappa shape index (κ3) is 3.62. The van der Waals surface area contributed by atoms with Gasteiger partial charge in [-0.2, -0.15) is 13.2 Å². The molecule has 9 heteroatoms. The number of nitrogens with one attached hydrogen (secondary N) is 1. The molecule has 0 aliphatic carbocycles. The number of hydrogen-bond acceptors (Lipinski definition) is 3. The summed E-state index contributed by atoms with van der Waals surface area (Å²) < 4.78 is 41.6. The Labute approximate surface area is 144 Å². The molecular formula is C15H15BrF3N3O2. The van der Waals surface area contributed by atoms with Crippen LogP contribution in [0.2, 0.25) is 0 Å². The first-order chi connectivity index (χ1) is 11.2. The Kier molecular flexibility index (Phi) is 5.34. The van der Waals surface area contributed by atoms with E-state index in [-0.39, 0.29) is 6.54 Å². The first kappa shape index (κ1) is 18.5. The van der Waals surface area contributed by atoms with Crippen LogP contribution < -0.4 is 5.32 Å². The quantitative estimate of drug-likeness (QED) is 0.803. The van der Waals surface area contributed by atoms with Gasteiger partial charge in [0.25, 0.3) is 5.91 Å². The highest BCUT2D eigenvalue weighted by Gasteiger charge is 2.57. The average Bonchev–Trinajstić information content (AvgIpc) is 2.92. The maximum atomic E-state index is 13.3. The SMILES string of the molecule is Cn1ccnc1[C@](O)(CCNC(=O)c1ccccc1Br)C(F)(F)F. The molecule has 0 spiro atoms. The van der Waals surface area contributed by atoms with Crippen LogP contribution in [0.25, 0.3) is 0 Å². The molecule has 1 aromatic carbocycles. The van der Waals surface area contributed by atoms with E-state index in [2.05, 4.69) is 26.2 Å². The van der Waals surface area contributed by atoms with Gasteiger partial charge in [0, 0.05) is 36.9 Å². The van der Waals surface area contributed by atoms with Gasteiger partial charge in [-0.05, 0) is 28.1 Å². The lowest BCUT2D eigenvalue weighted by atomic mass is 9.97. The number of halogens is 4. The molecular weight excluding hydrogens is 391 g/mol. The molecule has 0 aliphatic heterocycles. The predicted octanol–water partition coefficient (Wildman–Crippen LogP) is 2.75. The molecule has 5 nitrogen and oxygen atoms in total. The number of hydrogen-bond donors (Lipinski definition) is 2. The molecule has 130 valence electrons. The highest BCUT2D eigenvalue weighted by molar-refractivity contribution is 9.10. The minimum absolute atomic E-state index is 0.296. The topological polar surface area (TPSA) is 67.2 Å². The molecule has 2 N–H and O–H groups in total. The molecule has 1 amide bonds. The van der Waals surface area contributed by atoms with Crippen molar-refractivity contribution in [3.63, 3.8) is 0 Å². The number of alkyl halides is 3. The van der Waals surface area contributed by atoms with Gasteiger partial charge in [0.15, 0.2) is 0 Å². The van der Waals surface area contributed by atoms with Crippen LogP contribution in [0, 0.1) is 0 Å². The molecule has 2 aromatic rings. The van der Waals surface area contributed by atoms with E-state index < -0.39 is 29.9 Å². The number of imidazole rings is 1. The zero-order chi connectivity index (χ0) is 18.0. The van der Waals surface area contributed by atoms with Crippen molar-refractivity contribution >= 4 is 21.8 Å². The van der Waals surface area contributed by atoms with E-state index in [1.54, 1.807) is 18.2 Å². The van der Waals surface area contributed by atoms with Crippen molar-refractivity contribution in [2.45, 2.75) is 18.2 Å². The van der Waals surface area contributed by atoms with Crippen LogP contribution in [-0.2, 0) is 12.6 Å². The third-order valence-corrected chi connectivity index (χ3v) is 4.24. The molecule has 0 saturated carbocycles. The van der Waals surface area contributed by atoms with Gasteiger partial charge >= 0.3 is 6.18 Å². The fourth-order valence-corrected chi connectivity index (χ4v) is 2.71. The number of amides is 1. The highest BCUT2D eigenvalue weighted by Crippen LogP contribution is 2.40. The Bertz CT molecular complexity index is 733. The average molecular weight is 406 g/mol. The van der Waals surface area contributed by atoms with Gasteiger partial charge in [0.05, 0.1) is 5.56 Å². The fraction of sp³-hybridized carbons (Fsp3) is 0.333. The van der Waals surface area contributed by atoms with Crippen LogP contribution in [0.5, 0.6) is 0 Å². The summed E-state index contributed by atoms with van der Waals surface area (Å²) in [6.07, 6.45) is -3.20. The summed E-state index contributed by atoms with van der Waals surface area (Å²) in [5.41, 5.74) is -2.85. The molecule has 2 rings (SSSR count). The molecule has 1 atom stereocenters. The second kappa shape index (κ2) is 6.94. The van der Waals surface area contributed by atoms with Crippen LogP contribution in [0.1, 0.15) is 22.6 Å². The van der Waals surface area contributed by atoms with E-state index in [0.717, 1.165) is 4.57 Å². The normalized spacial score (nSPS) is 14.2. The smallest absolute Gasteiger partial charge is 0.374 e. The third-order valence-electron chi connectivity index (χ3n) is 3.55. The van der Waals surface area contributed by atoms with Gasteiger partial charge in [0.1, 0.15) is 5.82 Å². The van der Waals surface area contributed by atoms with Crippen LogP contribution in [0.3, 0.4) is 0 Å². The predicted molar refractivity (Wildman–Crippen MR) is 84.3 cm³/mol. The summed E-state index contributed by atoms with van der Waals surface area (Å²) in [5.74, 6) is -1.06. The summed E-state index contributed by atoms with van der Waals surface area (Å²) in [6.45, 7) is -0.372. The second-order valence-electron chi connectivity index (χ2n) is 5.21. The molecule has 0 radical (unpaired) electrons. The van der Waals surface area contributed by atoms with E-state index in [4.69, 9.17) is 0 Å². The largest absolute Gasteiger partial charge is 0.424 e. The lowest BCUT2D eigenvalue weighted by Gasteiger charge is -2.30. The zero-order valence-corrected chi connectivity index (χ0v) is 14.2. The van der Waals surface area contributed by atoms with E-state index in [1.807, 2.05) is 0 Å². The van der Waals surface area contributed by atoms with Gasteiger partial charge in [0.2, 0.25) is 5.60 Å². The summed E-state index contributed by atoms with van der Waals surface area (Å²) >= 11 is 3.20. The number of carbonyl (C=O) groups is 1. The Morgan fingerprint density at radius 2 is 2.04 bits per heavy atom. The highest BCUT2D eigenvalue weighted by atomic mass is 79.9. The maximum Gasteiger partial charge on any atom is 0.424 e. The summed E-state index contributed by atoms with van der Waals surface area (Å²) in [7, 11) is 1.36. The molecule has 0 bridgehead atoms. The molecule has 1 aromatic heterocycles. The first-order valence-electron chi connectivity index (χ1n) is 6.96. The molecule has 0 aliphatic rings. The van der Waals surface area contributed by atoms with Gasteiger partial charge in [-0.15, -0.1) is 0 Å². The Hall–Kier alpha value is -1.87. The number of benzene rings is 1. The van der Waals surface area contributed by atoms with Crippen molar-refractivity contribution < 1.29 is 23.1 Å². The molecule has 0 unspecified atom stereocenters. The number of carbonyl (C=O) groups excluding carboxylic acids is 1. The molecule has 0 saturated heterocycles. The molecule has 0 fully saturated rings. The Balaban J connectivity index is 2.11. The zero-order valence-electron chi connectivity index (χ0n) is 12.6. The van der Waals surface area contributed by atoms with Gasteiger partial charge in [-0.3, -0.25) is 4.79 Å². The maximum absolute atomic E-state index is 13.3. The minimum atomic E-state index is -4.93. The minimum Gasteiger partial charge on any atom is -0.374 e. The van der Waals surface area contributed by atoms with Crippen LogP contribution in [0.15, 0.2) is 41.1 Å². The van der Waals surface area contributed by atoms with E-state index in [1.165, 1.54) is 25.5 Å². The number of aromatic nitrogens is 2. The van der Waals surface area contributed by atoms with Crippen LogP contribution in [-0.4, -0.2) is 33.3 Å². The number of nitrogens with zero attached hydrogens (tertiary/aromatic N) is 2. The number of aliphatic hydroxyl groups is 1. The van der Waals surface area contributed by atoms with E-state index in [0.29, 0.717) is 10.0 Å². The Morgan fingerprint density at radius 3 is 2.58 bits per heavy atom. The Morgan fingerprint density at radius 1 is 1.38 bits per heavy atom. The monoisotopic (exact) mass is 405 g/mol. The number of rotatable bonds is 5. The molecule has 1 heterocycles. The van der Waals surface area contributed by atoms with Crippen molar-refractivity contribution in [1.82, 2.24) is 14.9 Å². The van der Waals surface area contributed by atoms with Gasteiger partial charge < -0.3 is 15.0 Å². The van der Waals surface area contributed by atoms with Crippen LogP contribution in [0.4, 0.5) is 13.2 Å². The van der Waals surface area contributed by atoms with Crippen molar-refractivity contribution in [3.8, 4) is 0 Å². The van der Waals surface area contributed by atoms with E-state index >= 15 is 0 Å². The van der Waals surface area contributed by atoms with Crippen molar-refractivity contribution in [2.75, 3.05) is 6.54 Å². The summed E-state index contributed by atoms with van der Waals surface area (Å²) in [4.78, 5) is 15.6. The van der Waals surface area contributed by atoms with Crippen LogP contribution >= 0.6 is 15.9 Å². The fourth-order valence-electron chi connectivity index (χ4n) is 2.24. The summed E-state index contributed by atoms with van der Waals surface area (Å²) in [5, 5.41) is 12.5. The van der Waals surface area contributed by atoms with Crippen molar-refractivity contribution in [1.29, 1.82) is 0 Å². The first-order valence-corrected chi connectivity index (χ1v) is 7.76. The lowest BCUT2D eigenvalue weighted by Crippen LogP contribution is -2.46. The second-order valence-corrected chi connectivity index (χ2v) is 6.06. The lowest BCUT2D eigenvalue weighted by molar-refractivity contribution is -0.272. The summed E-state index contributed by atoms with van der Waals surface area (Å²) in [6, 6.07) is 6.53. The van der Waals surface area contributed by atoms with Crippen molar-refractivity contribution in [3.05, 3.63) is 52.5 Å². The molecule has 24 heavy (non-hydrogen) atoms. The number of aryl methyl sites for hydroxylation is 1.